The van der Waals surface area contributed by atoms with Gasteiger partial charge in [0.15, 0.2) is 17.3 Å². The highest BCUT2D eigenvalue weighted by molar-refractivity contribution is 5.73. The lowest BCUT2D eigenvalue weighted by Crippen LogP contribution is -1.74. The second-order valence-electron chi connectivity index (χ2n) is 3.41. The lowest BCUT2D eigenvalue weighted by molar-refractivity contribution is 0.508. The summed E-state index contributed by atoms with van der Waals surface area (Å²) in [5, 5.41) is 0. The number of fused-ring (bicyclic) bond motifs is 1. The maximum Gasteiger partial charge on any atom is 0.198 e. The first kappa shape index (κ1) is 7.06. The molecule has 3 heteroatoms. The second kappa shape index (κ2) is 2.31. The maximum atomic E-state index is 13.1. The van der Waals surface area contributed by atoms with Crippen molar-refractivity contribution in [2.75, 3.05) is 0 Å². The Balaban J connectivity index is 2.26. The number of benzene rings is 1. The standard InChI is InChI=1S/C10H8FNO/c11-7-2-1-3-8-9(7)13-10(12-8)6-4-5-6/h1-3,6H,4-5H2. The molecular formula is C10H8FNO. The smallest absolute Gasteiger partial charge is 0.198 e. The minimum Gasteiger partial charge on any atom is -0.437 e. The third kappa shape index (κ3) is 1.03. The molecule has 1 saturated carbocycles. The number of halogens is 1. The minimum atomic E-state index is -0.322. The Labute approximate surface area is 74.4 Å². The molecule has 66 valence electrons. The zero-order chi connectivity index (χ0) is 8.84. The van der Waals surface area contributed by atoms with Crippen molar-refractivity contribution < 1.29 is 8.81 Å². The third-order valence-electron chi connectivity index (χ3n) is 2.31. The Hall–Kier alpha value is -1.38. The number of rotatable bonds is 1. The van der Waals surface area contributed by atoms with Gasteiger partial charge in [-0.15, -0.1) is 0 Å². The Morgan fingerprint density at radius 1 is 1.38 bits per heavy atom. The van der Waals surface area contributed by atoms with Crippen molar-refractivity contribution in [3.8, 4) is 0 Å². The van der Waals surface area contributed by atoms with E-state index in [0.717, 1.165) is 12.8 Å². The van der Waals surface area contributed by atoms with Crippen LogP contribution < -0.4 is 0 Å². The lowest BCUT2D eigenvalue weighted by Gasteiger charge is -1.86. The van der Waals surface area contributed by atoms with Crippen molar-refractivity contribution in [1.82, 2.24) is 4.98 Å². The van der Waals surface area contributed by atoms with E-state index in [-0.39, 0.29) is 5.82 Å². The van der Waals surface area contributed by atoms with Gasteiger partial charge in [0.05, 0.1) is 0 Å². The fraction of sp³-hybridized carbons (Fsp3) is 0.300. The second-order valence-corrected chi connectivity index (χ2v) is 3.41. The average molecular weight is 177 g/mol. The predicted octanol–water partition coefficient (Wildman–Crippen LogP) is 2.84. The van der Waals surface area contributed by atoms with Gasteiger partial charge in [0, 0.05) is 5.92 Å². The molecule has 1 heterocycles. The summed E-state index contributed by atoms with van der Waals surface area (Å²) in [6, 6.07) is 4.81. The van der Waals surface area contributed by atoms with Gasteiger partial charge in [0.1, 0.15) is 5.52 Å². The van der Waals surface area contributed by atoms with E-state index < -0.39 is 0 Å². The number of para-hydroxylation sites is 1. The molecule has 1 aliphatic rings. The van der Waals surface area contributed by atoms with Gasteiger partial charge in [0.2, 0.25) is 0 Å². The predicted molar refractivity (Wildman–Crippen MR) is 45.9 cm³/mol. The molecule has 0 saturated heterocycles. The van der Waals surface area contributed by atoms with Crippen LogP contribution in [0.2, 0.25) is 0 Å². The molecule has 1 aromatic heterocycles. The minimum absolute atomic E-state index is 0.296. The molecule has 3 rings (SSSR count). The van der Waals surface area contributed by atoms with Crippen LogP contribution in [0.3, 0.4) is 0 Å². The highest BCUT2D eigenvalue weighted by Crippen LogP contribution is 2.40. The van der Waals surface area contributed by atoms with Gasteiger partial charge < -0.3 is 4.42 Å². The summed E-state index contributed by atoms with van der Waals surface area (Å²) in [6.07, 6.45) is 2.24. The highest BCUT2D eigenvalue weighted by Gasteiger charge is 2.29. The third-order valence-corrected chi connectivity index (χ3v) is 2.31. The first-order valence-corrected chi connectivity index (χ1v) is 4.39. The molecule has 0 amide bonds. The normalized spacial score (nSPS) is 16.7. The van der Waals surface area contributed by atoms with Gasteiger partial charge in [-0.2, -0.15) is 0 Å². The summed E-state index contributed by atoms with van der Waals surface area (Å²) in [4.78, 5) is 4.23. The number of aromatic nitrogens is 1. The molecule has 0 N–H and O–H groups in total. The Morgan fingerprint density at radius 3 is 2.92 bits per heavy atom. The summed E-state index contributed by atoms with van der Waals surface area (Å²) in [5.74, 6) is 0.809. The molecule has 0 spiro atoms. The summed E-state index contributed by atoms with van der Waals surface area (Å²) < 4.78 is 18.5. The van der Waals surface area contributed by atoms with E-state index in [1.165, 1.54) is 6.07 Å². The summed E-state index contributed by atoms with van der Waals surface area (Å²) in [7, 11) is 0. The van der Waals surface area contributed by atoms with E-state index in [0.29, 0.717) is 22.9 Å². The van der Waals surface area contributed by atoms with Gasteiger partial charge >= 0.3 is 0 Å². The largest absolute Gasteiger partial charge is 0.437 e. The van der Waals surface area contributed by atoms with Crippen LogP contribution in [-0.2, 0) is 0 Å². The molecule has 1 fully saturated rings. The highest BCUT2D eigenvalue weighted by atomic mass is 19.1. The molecule has 1 aliphatic carbocycles. The molecule has 0 radical (unpaired) electrons. The molecule has 0 bridgehead atoms. The van der Waals surface area contributed by atoms with Crippen molar-refractivity contribution in [3.05, 3.63) is 29.9 Å². The Kier molecular flexibility index (Phi) is 1.26. The average Bonchev–Trinajstić information content (AvgIpc) is 2.87. The van der Waals surface area contributed by atoms with E-state index >= 15 is 0 Å². The number of hydrogen-bond donors (Lipinski definition) is 0. The van der Waals surface area contributed by atoms with Gasteiger partial charge in [-0.25, -0.2) is 9.37 Å². The van der Waals surface area contributed by atoms with E-state index in [9.17, 15) is 4.39 Å². The Bertz CT molecular complexity index is 459. The van der Waals surface area contributed by atoms with Crippen molar-refractivity contribution in [1.29, 1.82) is 0 Å². The Morgan fingerprint density at radius 2 is 2.23 bits per heavy atom. The molecular weight excluding hydrogens is 169 g/mol. The first-order chi connectivity index (χ1) is 6.34. The van der Waals surface area contributed by atoms with Crippen LogP contribution in [0.4, 0.5) is 4.39 Å². The van der Waals surface area contributed by atoms with Gasteiger partial charge in [-0.3, -0.25) is 0 Å². The van der Waals surface area contributed by atoms with Crippen LogP contribution in [0.25, 0.3) is 11.1 Å². The molecule has 2 nitrogen and oxygen atoms in total. The van der Waals surface area contributed by atoms with Crippen molar-refractivity contribution in [2.24, 2.45) is 0 Å². The molecule has 0 unspecified atom stereocenters. The van der Waals surface area contributed by atoms with Gasteiger partial charge in [-0.05, 0) is 25.0 Å². The summed E-state index contributed by atoms with van der Waals surface area (Å²) in [6.45, 7) is 0. The number of hydrogen-bond acceptors (Lipinski definition) is 2. The number of oxazole rings is 1. The molecule has 13 heavy (non-hydrogen) atoms. The monoisotopic (exact) mass is 177 g/mol. The maximum absolute atomic E-state index is 13.1. The van der Waals surface area contributed by atoms with E-state index in [4.69, 9.17) is 4.42 Å². The molecule has 2 aromatic rings. The van der Waals surface area contributed by atoms with E-state index in [1.807, 2.05) is 0 Å². The van der Waals surface area contributed by atoms with E-state index in [2.05, 4.69) is 4.98 Å². The fourth-order valence-corrected chi connectivity index (χ4v) is 1.44. The summed E-state index contributed by atoms with van der Waals surface area (Å²) >= 11 is 0. The van der Waals surface area contributed by atoms with Crippen LogP contribution >= 0.6 is 0 Å². The fourth-order valence-electron chi connectivity index (χ4n) is 1.44. The first-order valence-electron chi connectivity index (χ1n) is 4.39. The topological polar surface area (TPSA) is 26.0 Å². The lowest BCUT2D eigenvalue weighted by atomic mass is 10.3. The van der Waals surface area contributed by atoms with Crippen molar-refractivity contribution in [3.63, 3.8) is 0 Å². The van der Waals surface area contributed by atoms with Crippen LogP contribution in [0.15, 0.2) is 22.6 Å². The molecule has 1 aromatic carbocycles. The van der Waals surface area contributed by atoms with Crippen LogP contribution in [0.5, 0.6) is 0 Å². The molecule has 0 atom stereocenters. The van der Waals surface area contributed by atoms with Gasteiger partial charge in [0.25, 0.3) is 0 Å². The van der Waals surface area contributed by atoms with Crippen molar-refractivity contribution >= 4 is 11.1 Å². The number of nitrogens with zero attached hydrogens (tertiary/aromatic N) is 1. The zero-order valence-electron chi connectivity index (χ0n) is 6.96. The summed E-state index contributed by atoms with van der Waals surface area (Å²) in [5.41, 5.74) is 0.923. The molecule has 0 aliphatic heterocycles. The quantitative estimate of drug-likeness (QED) is 0.669. The zero-order valence-corrected chi connectivity index (χ0v) is 6.96. The van der Waals surface area contributed by atoms with Crippen LogP contribution in [0.1, 0.15) is 24.7 Å². The SMILES string of the molecule is Fc1cccc2nc(C3CC3)oc12. The van der Waals surface area contributed by atoms with Crippen LogP contribution in [0, 0.1) is 5.82 Å². The van der Waals surface area contributed by atoms with Gasteiger partial charge in [-0.1, -0.05) is 6.07 Å². The van der Waals surface area contributed by atoms with Crippen LogP contribution in [-0.4, -0.2) is 4.98 Å². The van der Waals surface area contributed by atoms with E-state index in [1.54, 1.807) is 12.1 Å². The van der Waals surface area contributed by atoms with Crippen molar-refractivity contribution in [2.45, 2.75) is 18.8 Å².